The second kappa shape index (κ2) is 4.00. The van der Waals surface area contributed by atoms with Gasteiger partial charge in [0.2, 0.25) is 0 Å². The third-order valence-corrected chi connectivity index (χ3v) is 2.56. The number of aromatic nitrogens is 1. The molecule has 2 heterocycles. The van der Waals surface area contributed by atoms with Gasteiger partial charge in [-0.15, -0.1) is 0 Å². The van der Waals surface area contributed by atoms with Gasteiger partial charge in [0.1, 0.15) is 12.0 Å². The molecule has 1 aliphatic heterocycles. The maximum Gasteiger partial charge on any atom is 0.141 e. The maximum atomic E-state index is 13.5. The largest absolute Gasteiger partial charge is 0.314 e. The first-order valence-electron chi connectivity index (χ1n) is 4.72. The molecule has 1 saturated heterocycles. The molecular formula is C10H12F2N2. The lowest BCUT2D eigenvalue weighted by atomic mass is 9.90. The molecule has 2 atom stereocenters. The van der Waals surface area contributed by atoms with Gasteiger partial charge in [-0.1, -0.05) is 0 Å². The van der Waals surface area contributed by atoms with E-state index in [0.29, 0.717) is 18.5 Å². The van der Waals surface area contributed by atoms with Crippen LogP contribution in [0.15, 0.2) is 18.5 Å². The molecule has 1 aliphatic rings. The van der Waals surface area contributed by atoms with Gasteiger partial charge in [0.25, 0.3) is 0 Å². The van der Waals surface area contributed by atoms with E-state index in [1.807, 2.05) is 0 Å². The van der Waals surface area contributed by atoms with E-state index in [2.05, 4.69) is 10.3 Å². The summed E-state index contributed by atoms with van der Waals surface area (Å²) in [6.45, 7) is 1.13. The monoisotopic (exact) mass is 198 g/mol. The van der Waals surface area contributed by atoms with Crippen molar-refractivity contribution in [3.8, 4) is 0 Å². The summed E-state index contributed by atoms with van der Waals surface area (Å²) in [7, 11) is 0. The van der Waals surface area contributed by atoms with Crippen molar-refractivity contribution in [3.63, 3.8) is 0 Å². The summed E-state index contributed by atoms with van der Waals surface area (Å²) in [6.07, 6.45) is 2.45. The van der Waals surface area contributed by atoms with Crippen molar-refractivity contribution >= 4 is 0 Å². The highest BCUT2D eigenvalue weighted by atomic mass is 19.1. The van der Waals surface area contributed by atoms with Gasteiger partial charge in [-0.3, -0.25) is 4.98 Å². The topological polar surface area (TPSA) is 24.9 Å². The van der Waals surface area contributed by atoms with Crippen LogP contribution < -0.4 is 5.32 Å². The van der Waals surface area contributed by atoms with Gasteiger partial charge in [0.05, 0.1) is 6.20 Å². The molecule has 0 amide bonds. The number of piperidine rings is 1. The Hall–Kier alpha value is -1.03. The van der Waals surface area contributed by atoms with Crippen molar-refractivity contribution in [3.05, 3.63) is 29.8 Å². The summed E-state index contributed by atoms with van der Waals surface area (Å²) in [5.41, 5.74) is 0.666. The Bertz CT molecular complexity index is 317. The molecule has 0 saturated carbocycles. The highest BCUT2D eigenvalue weighted by Crippen LogP contribution is 2.27. The lowest BCUT2D eigenvalue weighted by molar-refractivity contribution is 0.231. The molecule has 2 rings (SSSR count). The predicted octanol–water partition coefficient (Wildman–Crippen LogP) is 1.64. The smallest absolute Gasteiger partial charge is 0.141 e. The van der Waals surface area contributed by atoms with Crippen LogP contribution in [0.4, 0.5) is 8.78 Å². The van der Waals surface area contributed by atoms with E-state index in [9.17, 15) is 8.78 Å². The van der Waals surface area contributed by atoms with E-state index in [-0.39, 0.29) is 5.92 Å². The molecule has 2 unspecified atom stereocenters. The zero-order valence-corrected chi connectivity index (χ0v) is 7.71. The van der Waals surface area contributed by atoms with Gasteiger partial charge < -0.3 is 5.32 Å². The molecule has 1 N–H and O–H groups in total. The molecule has 0 aromatic carbocycles. The predicted molar refractivity (Wildman–Crippen MR) is 49.3 cm³/mol. The minimum Gasteiger partial charge on any atom is -0.314 e. The molecular weight excluding hydrogens is 186 g/mol. The third kappa shape index (κ3) is 1.90. The van der Waals surface area contributed by atoms with E-state index >= 15 is 0 Å². The second-order valence-corrected chi connectivity index (χ2v) is 3.55. The maximum absolute atomic E-state index is 13.5. The van der Waals surface area contributed by atoms with Crippen LogP contribution in [0.25, 0.3) is 0 Å². The standard InChI is InChI=1S/C10H12F2N2/c11-8-3-7(4-14-5-8)9-1-2-13-6-10(9)12/h3-5,9-10,13H,1-2,6H2. The van der Waals surface area contributed by atoms with Crippen molar-refractivity contribution in [2.75, 3.05) is 13.1 Å². The minimum atomic E-state index is -0.938. The first kappa shape index (κ1) is 9.52. The van der Waals surface area contributed by atoms with Crippen molar-refractivity contribution in [1.82, 2.24) is 10.3 Å². The van der Waals surface area contributed by atoms with Gasteiger partial charge in [0, 0.05) is 18.7 Å². The number of halogens is 2. The van der Waals surface area contributed by atoms with Crippen LogP contribution in [0, 0.1) is 5.82 Å². The lowest BCUT2D eigenvalue weighted by Gasteiger charge is -2.26. The second-order valence-electron chi connectivity index (χ2n) is 3.55. The average molecular weight is 198 g/mol. The van der Waals surface area contributed by atoms with E-state index in [1.54, 1.807) is 6.20 Å². The highest BCUT2D eigenvalue weighted by molar-refractivity contribution is 5.18. The van der Waals surface area contributed by atoms with Crippen LogP contribution >= 0.6 is 0 Å². The lowest BCUT2D eigenvalue weighted by Crippen LogP contribution is -2.36. The van der Waals surface area contributed by atoms with Gasteiger partial charge >= 0.3 is 0 Å². The van der Waals surface area contributed by atoms with Crippen molar-refractivity contribution in [1.29, 1.82) is 0 Å². The zero-order chi connectivity index (χ0) is 9.97. The molecule has 0 aliphatic carbocycles. The van der Waals surface area contributed by atoms with Gasteiger partial charge in [0.15, 0.2) is 0 Å². The van der Waals surface area contributed by atoms with Crippen LogP contribution in [0.3, 0.4) is 0 Å². The fraction of sp³-hybridized carbons (Fsp3) is 0.500. The van der Waals surface area contributed by atoms with Crippen LogP contribution in [0.1, 0.15) is 17.9 Å². The Balaban J connectivity index is 2.20. The van der Waals surface area contributed by atoms with Crippen molar-refractivity contribution in [2.24, 2.45) is 0 Å². The normalized spacial score (nSPS) is 27.6. The quantitative estimate of drug-likeness (QED) is 0.742. The zero-order valence-electron chi connectivity index (χ0n) is 7.71. The Labute approximate surface area is 81.4 Å². The number of nitrogens with one attached hydrogen (secondary N) is 1. The number of hydrogen-bond acceptors (Lipinski definition) is 2. The number of nitrogens with zero attached hydrogens (tertiary/aromatic N) is 1. The SMILES string of the molecule is Fc1cncc(C2CCNCC2F)c1. The van der Waals surface area contributed by atoms with Gasteiger partial charge in [-0.2, -0.15) is 0 Å². The van der Waals surface area contributed by atoms with E-state index in [1.165, 1.54) is 6.07 Å². The molecule has 0 spiro atoms. The molecule has 1 aromatic heterocycles. The number of pyridine rings is 1. The molecule has 76 valence electrons. The van der Waals surface area contributed by atoms with Crippen LogP contribution in [0.5, 0.6) is 0 Å². The molecule has 2 nitrogen and oxygen atoms in total. The van der Waals surface area contributed by atoms with Gasteiger partial charge in [-0.05, 0) is 24.6 Å². The number of hydrogen-bond donors (Lipinski definition) is 1. The minimum absolute atomic E-state index is 0.209. The van der Waals surface area contributed by atoms with Crippen molar-refractivity contribution in [2.45, 2.75) is 18.5 Å². The molecule has 1 fully saturated rings. The Kier molecular flexibility index (Phi) is 2.72. The van der Waals surface area contributed by atoms with Crippen LogP contribution in [-0.2, 0) is 0 Å². The highest BCUT2D eigenvalue weighted by Gasteiger charge is 2.26. The van der Waals surface area contributed by atoms with Crippen molar-refractivity contribution < 1.29 is 8.78 Å². The number of alkyl halides is 1. The Morgan fingerprint density at radius 2 is 2.29 bits per heavy atom. The van der Waals surface area contributed by atoms with E-state index in [4.69, 9.17) is 0 Å². The molecule has 0 bridgehead atoms. The summed E-state index contributed by atoms with van der Waals surface area (Å²) in [4.78, 5) is 3.73. The Morgan fingerprint density at radius 3 is 3.00 bits per heavy atom. The summed E-state index contributed by atoms with van der Waals surface area (Å²) in [5.74, 6) is -0.604. The van der Waals surface area contributed by atoms with E-state index in [0.717, 1.165) is 12.7 Å². The number of rotatable bonds is 1. The van der Waals surface area contributed by atoms with Crippen LogP contribution in [-0.4, -0.2) is 24.2 Å². The molecule has 1 aromatic rings. The fourth-order valence-corrected chi connectivity index (χ4v) is 1.83. The first-order valence-corrected chi connectivity index (χ1v) is 4.72. The summed E-state index contributed by atoms with van der Waals surface area (Å²) >= 11 is 0. The first-order chi connectivity index (χ1) is 6.77. The summed E-state index contributed by atoms with van der Waals surface area (Å²) < 4.78 is 26.3. The molecule has 0 radical (unpaired) electrons. The average Bonchev–Trinajstić information content (AvgIpc) is 2.18. The van der Waals surface area contributed by atoms with Gasteiger partial charge in [-0.25, -0.2) is 8.78 Å². The summed E-state index contributed by atoms with van der Waals surface area (Å²) in [6, 6.07) is 1.37. The summed E-state index contributed by atoms with van der Waals surface area (Å²) in [5, 5.41) is 2.96. The Morgan fingerprint density at radius 1 is 1.43 bits per heavy atom. The van der Waals surface area contributed by atoms with Crippen LogP contribution in [0.2, 0.25) is 0 Å². The molecule has 14 heavy (non-hydrogen) atoms. The van der Waals surface area contributed by atoms with E-state index < -0.39 is 12.0 Å². The fourth-order valence-electron chi connectivity index (χ4n) is 1.83. The molecule has 4 heteroatoms. The third-order valence-electron chi connectivity index (χ3n) is 2.56.